The lowest BCUT2D eigenvalue weighted by Gasteiger charge is -2.15. The van der Waals surface area contributed by atoms with Gasteiger partial charge in [-0.25, -0.2) is 4.39 Å². The number of hydrogen-bond donors (Lipinski definition) is 1. The molecule has 2 N–H and O–H groups in total. The first kappa shape index (κ1) is 15.9. The molecule has 1 atom stereocenters. The Balaban J connectivity index is 2.15. The Morgan fingerprint density at radius 2 is 1.90 bits per heavy atom. The third-order valence-electron chi connectivity index (χ3n) is 3.07. The maximum absolute atomic E-state index is 13.3. The molecular formula is C16H17BrFNO2. The van der Waals surface area contributed by atoms with Crippen molar-refractivity contribution in [2.24, 2.45) is 5.73 Å². The molecule has 0 aromatic heterocycles. The second-order valence-corrected chi connectivity index (χ2v) is 5.42. The van der Waals surface area contributed by atoms with E-state index in [0.29, 0.717) is 13.2 Å². The molecule has 0 aliphatic rings. The van der Waals surface area contributed by atoms with Gasteiger partial charge in [-0.05, 0) is 51.3 Å². The number of halogens is 2. The molecule has 21 heavy (non-hydrogen) atoms. The van der Waals surface area contributed by atoms with Crippen LogP contribution in [0.4, 0.5) is 4.39 Å². The summed E-state index contributed by atoms with van der Waals surface area (Å²) < 4.78 is 24.6. The van der Waals surface area contributed by atoms with Gasteiger partial charge in [0.1, 0.15) is 18.2 Å². The van der Waals surface area contributed by atoms with Crippen LogP contribution in [0.25, 0.3) is 0 Å². The second kappa shape index (κ2) is 7.54. The van der Waals surface area contributed by atoms with Gasteiger partial charge < -0.3 is 15.2 Å². The molecule has 3 nitrogen and oxygen atoms in total. The van der Waals surface area contributed by atoms with Crippen LogP contribution < -0.4 is 10.5 Å². The second-order valence-electron chi connectivity index (χ2n) is 4.56. The smallest absolute Gasteiger partial charge is 0.133 e. The molecule has 112 valence electrons. The van der Waals surface area contributed by atoms with Crippen molar-refractivity contribution in [1.82, 2.24) is 0 Å². The van der Waals surface area contributed by atoms with Crippen molar-refractivity contribution in [1.29, 1.82) is 0 Å². The van der Waals surface area contributed by atoms with E-state index in [-0.39, 0.29) is 11.9 Å². The zero-order valence-corrected chi connectivity index (χ0v) is 13.3. The minimum atomic E-state index is -0.384. The van der Waals surface area contributed by atoms with Crippen LogP contribution in [0.2, 0.25) is 0 Å². The Hall–Kier alpha value is -1.43. The van der Waals surface area contributed by atoms with Crippen LogP contribution >= 0.6 is 15.9 Å². The first-order valence-electron chi connectivity index (χ1n) is 6.54. The van der Waals surface area contributed by atoms with Crippen LogP contribution in [-0.4, -0.2) is 20.3 Å². The normalized spacial score (nSPS) is 12.2. The van der Waals surface area contributed by atoms with E-state index < -0.39 is 0 Å². The molecule has 2 aromatic rings. The lowest BCUT2D eigenvalue weighted by atomic mass is 9.99. The molecule has 0 amide bonds. The Labute approximate surface area is 132 Å². The number of hydrogen-bond acceptors (Lipinski definition) is 3. The summed E-state index contributed by atoms with van der Waals surface area (Å²) >= 11 is 3.46. The molecule has 0 aliphatic heterocycles. The first-order valence-corrected chi connectivity index (χ1v) is 7.33. The van der Waals surface area contributed by atoms with Gasteiger partial charge >= 0.3 is 0 Å². The lowest BCUT2D eigenvalue weighted by Crippen LogP contribution is -2.12. The summed E-state index contributed by atoms with van der Waals surface area (Å²) in [5, 5.41) is 0. The number of rotatable bonds is 6. The monoisotopic (exact) mass is 353 g/mol. The summed E-state index contributed by atoms with van der Waals surface area (Å²) in [6.45, 7) is 1.00. The van der Waals surface area contributed by atoms with E-state index in [9.17, 15) is 4.39 Å². The molecule has 2 aromatic carbocycles. The summed E-state index contributed by atoms with van der Waals surface area (Å²) in [6.07, 6.45) is 0. The molecule has 0 saturated carbocycles. The van der Waals surface area contributed by atoms with Crippen LogP contribution in [0.3, 0.4) is 0 Å². The average molecular weight is 354 g/mol. The van der Waals surface area contributed by atoms with E-state index >= 15 is 0 Å². The van der Waals surface area contributed by atoms with Crippen molar-refractivity contribution in [3.63, 3.8) is 0 Å². The summed E-state index contributed by atoms with van der Waals surface area (Å²) in [5.74, 6) is 0.434. The Kier molecular flexibility index (Phi) is 5.73. The fraction of sp³-hybridized carbons (Fsp3) is 0.250. The van der Waals surface area contributed by atoms with E-state index in [1.807, 2.05) is 24.3 Å². The zero-order valence-electron chi connectivity index (χ0n) is 11.7. The van der Waals surface area contributed by atoms with Crippen LogP contribution in [0.15, 0.2) is 46.9 Å². The molecule has 0 bridgehead atoms. The first-order chi connectivity index (χ1) is 10.1. The maximum Gasteiger partial charge on any atom is 0.133 e. The van der Waals surface area contributed by atoms with Crippen molar-refractivity contribution >= 4 is 15.9 Å². The molecule has 1 unspecified atom stereocenters. The minimum absolute atomic E-state index is 0.290. The summed E-state index contributed by atoms with van der Waals surface area (Å²) in [4.78, 5) is 0. The summed E-state index contributed by atoms with van der Waals surface area (Å²) in [6, 6.07) is 11.5. The van der Waals surface area contributed by atoms with Crippen LogP contribution in [-0.2, 0) is 4.74 Å². The van der Waals surface area contributed by atoms with E-state index in [2.05, 4.69) is 15.9 Å². The van der Waals surface area contributed by atoms with Gasteiger partial charge in [-0.2, -0.15) is 0 Å². The fourth-order valence-corrected chi connectivity index (χ4v) is 2.47. The number of ether oxygens (including phenoxy) is 2. The van der Waals surface area contributed by atoms with Gasteiger partial charge in [-0.3, -0.25) is 0 Å². The van der Waals surface area contributed by atoms with Gasteiger partial charge in [0.05, 0.1) is 17.1 Å². The molecule has 0 aliphatic carbocycles. The molecule has 2 rings (SSSR count). The molecule has 5 heteroatoms. The molecule has 0 fully saturated rings. The molecule has 0 heterocycles. The lowest BCUT2D eigenvalue weighted by molar-refractivity contribution is 0.146. The quantitative estimate of drug-likeness (QED) is 0.806. The molecule has 0 radical (unpaired) electrons. The Morgan fingerprint density at radius 3 is 2.57 bits per heavy atom. The number of nitrogens with two attached hydrogens (primary N) is 1. The SMILES string of the molecule is COCCOc1ccc(C(N)c2cccc(F)c2)cc1Br. The molecule has 0 saturated heterocycles. The predicted octanol–water partition coefficient (Wildman–Crippen LogP) is 3.66. The predicted molar refractivity (Wildman–Crippen MR) is 83.9 cm³/mol. The van der Waals surface area contributed by atoms with Gasteiger partial charge in [-0.1, -0.05) is 18.2 Å². The van der Waals surface area contributed by atoms with Crippen molar-refractivity contribution in [2.45, 2.75) is 6.04 Å². The van der Waals surface area contributed by atoms with E-state index in [4.69, 9.17) is 15.2 Å². The van der Waals surface area contributed by atoms with E-state index in [0.717, 1.165) is 21.3 Å². The Morgan fingerprint density at radius 1 is 1.14 bits per heavy atom. The van der Waals surface area contributed by atoms with Crippen LogP contribution in [0.5, 0.6) is 5.75 Å². The third kappa shape index (κ3) is 4.27. The highest BCUT2D eigenvalue weighted by molar-refractivity contribution is 9.10. The zero-order chi connectivity index (χ0) is 15.2. The van der Waals surface area contributed by atoms with Crippen molar-refractivity contribution in [3.8, 4) is 5.75 Å². The van der Waals surface area contributed by atoms with Crippen molar-refractivity contribution < 1.29 is 13.9 Å². The minimum Gasteiger partial charge on any atom is -0.490 e. The maximum atomic E-state index is 13.3. The largest absolute Gasteiger partial charge is 0.490 e. The molecular weight excluding hydrogens is 337 g/mol. The summed E-state index contributed by atoms with van der Waals surface area (Å²) in [7, 11) is 1.62. The standard InChI is InChI=1S/C16H17BrFNO2/c1-20-7-8-21-15-6-5-12(10-14(15)17)16(19)11-3-2-4-13(18)9-11/h2-6,9-10,16H,7-8,19H2,1H3. The third-order valence-corrected chi connectivity index (χ3v) is 3.69. The van der Waals surface area contributed by atoms with Gasteiger partial charge in [0.25, 0.3) is 0 Å². The van der Waals surface area contributed by atoms with Gasteiger partial charge in [0.15, 0.2) is 0 Å². The number of methoxy groups -OCH3 is 1. The topological polar surface area (TPSA) is 44.5 Å². The van der Waals surface area contributed by atoms with Gasteiger partial charge in [0, 0.05) is 7.11 Å². The van der Waals surface area contributed by atoms with E-state index in [1.54, 1.807) is 13.2 Å². The highest BCUT2D eigenvalue weighted by Crippen LogP contribution is 2.30. The fourth-order valence-electron chi connectivity index (χ4n) is 1.96. The van der Waals surface area contributed by atoms with Crippen LogP contribution in [0.1, 0.15) is 17.2 Å². The van der Waals surface area contributed by atoms with Crippen LogP contribution in [0, 0.1) is 5.82 Å². The highest BCUT2D eigenvalue weighted by Gasteiger charge is 2.12. The highest BCUT2D eigenvalue weighted by atomic mass is 79.9. The van der Waals surface area contributed by atoms with E-state index in [1.165, 1.54) is 12.1 Å². The number of benzene rings is 2. The summed E-state index contributed by atoms with van der Waals surface area (Å²) in [5.41, 5.74) is 7.79. The van der Waals surface area contributed by atoms with Gasteiger partial charge in [0.2, 0.25) is 0 Å². The Bertz CT molecular complexity index is 607. The van der Waals surface area contributed by atoms with Gasteiger partial charge in [-0.15, -0.1) is 0 Å². The van der Waals surface area contributed by atoms with Crippen molar-refractivity contribution in [3.05, 3.63) is 63.9 Å². The molecule has 0 spiro atoms. The average Bonchev–Trinajstić information content (AvgIpc) is 2.48. The van der Waals surface area contributed by atoms with Crippen molar-refractivity contribution in [2.75, 3.05) is 20.3 Å².